The summed E-state index contributed by atoms with van der Waals surface area (Å²) in [5.41, 5.74) is 6.08. The van der Waals surface area contributed by atoms with Crippen LogP contribution in [0.3, 0.4) is 0 Å². The number of rotatable bonds is 6. The molecule has 1 heterocycles. The molecule has 3 amide bonds. The number of nitrogens with zero attached hydrogens (tertiary/aromatic N) is 1. The van der Waals surface area contributed by atoms with Crippen LogP contribution in [-0.2, 0) is 20.8 Å². The lowest BCUT2D eigenvalue weighted by Crippen LogP contribution is -2.42. The molecule has 6 heteroatoms. The van der Waals surface area contributed by atoms with E-state index < -0.39 is 11.9 Å². The second-order valence-corrected chi connectivity index (χ2v) is 4.72. The van der Waals surface area contributed by atoms with E-state index in [2.05, 4.69) is 5.32 Å². The number of nitrogens with one attached hydrogen (secondary N) is 1. The van der Waals surface area contributed by atoms with Gasteiger partial charge in [-0.05, 0) is 12.0 Å². The number of amides is 3. The standard InChI is InChI=1S/C14H17N3O3/c15-12(18)9-16-11-8-13(19)17(14(11)20)7-6-10-4-2-1-3-5-10/h1-5,11,16H,6-9H2,(H2,15,18)/t11-/m0/s1. The minimum atomic E-state index is -0.634. The van der Waals surface area contributed by atoms with Crippen LogP contribution in [0.1, 0.15) is 12.0 Å². The molecule has 1 aliphatic heterocycles. The third kappa shape index (κ3) is 3.42. The Labute approximate surface area is 116 Å². The molecule has 0 radical (unpaired) electrons. The van der Waals surface area contributed by atoms with Crippen LogP contribution in [0.15, 0.2) is 30.3 Å². The molecule has 1 aromatic rings. The fourth-order valence-corrected chi connectivity index (χ4v) is 2.19. The smallest absolute Gasteiger partial charge is 0.246 e. The van der Waals surface area contributed by atoms with Gasteiger partial charge >= 0.3 is 0 Å². The van der Waals surface area contributed by atoms with Crippen molar-refractivity contribution >= 4 is 17.7 Å². The summed E-state index contributed by atoms with van der Waals surface area (Å²) in [5.74, 6) is -1.05. The van der Waals surface area contributed by atoms with Gasteiger partial charge in [-0.25, -0.2) is 0 Å². The molecule has 1 fully saturated rings. The van der Waals surface area contributed by atoms with Crippen molar-refractivity contribution in [2.24, 2.45) is 5.73 Å². The van der Waals surface area contributed by atoms with E-state index in [9.17, 15) is 14.4 Å². The van der Waals surface area contributed by atoms with E-state index in [0.29, 0.717) is 13.0 Å². The molecule has 0 aliphatic carbocycles. The number of likely N-dealkylation sites (tertiary alicyclic amines) is 1. The van der Waals surface area contributed by atoms with Crippen LogP contribution in [-0.4, -0.2) is 41.8 Å². The van der Waals surface area contributed by atoms with Gasteiger partial charge in [0.15, 0.2) is 0 Å². The van der Waals surface area contributed by atoms with E-state index >= 15 is 0 Å². The van der Waals surface area contributed by atoms with Crippen molar-refractivity contribution < 1.29 is 14.4 Å². The summed E-state index contributed by atoms with van der Waals surface area (Å²) < 4.78 is 0. The van der Waals surface area contributed by atoms with Gasteiger partial charge in [-0.15, -0.1) is 0 Å². The first kappa shape index (κ1) is 14.2. The molecule has 0 saturated carbocycles. The summed E-state index contributed by atoms with van der Waals surface area (Å²) in [5, 5.41) is 2.70. The Bertz CT molecular complexity index is 516. The number of primary amides is 1. The quantitative estimate of drug-likeness (QED) is 0.680. The zero-order valence-electron chi connectivity index (χ0n) is 11.0. The van der Waals surface area contributed by atoms with Crippen LogP contribution in [0.25, 0.3) is 0 Å². The molecule has 1 saturated heterocycles. The van der Waals surface area contributed by atoms with Crippen molar-refractivity contribution in [3.63, 3.8) is 0 Å². The molecule has 1 aliphatic rings. The monoisotopic (exact) mass is 275 g/mol. The maximum Gasteiger partial charge on any atom is 0.246 e. The fraction of sp³-hybridized carbons (Fsp3) is 0.357. The van der Waals surface area contributed by atoms with Crippen molar-refractivity contribution in [3.05, 3.63) is 35.9 Å². The average molecular weight is 275 g/mol. The lowest BCUT2D eigenvalue weighted by atomic mass is 10.1. The van der Waals surface area contributed by atoms with Crippen LogP contribution in [0.5, 0.6) is 0 Å². The molecule has 2 rings (SSSR count). The first-order valence-corrected chi connectivity index (χ1v) is 6.47. The molecule has 0 unspecified atom stereocenters. The van der Waals surface area contributed by atoms with Gasteiger partial charge in [-0.2, -0.15) is 0 Å². The molecule has 0 bridgehead atoms. The van der Waals surface area contributed by atoms with Crippen LogP contribution in [0.4, 0.5) is 0 Å². The van der Waals surface area contributed by atoms with E-state index in [4.69, 9.17) is 5.73 Å². The second-order valence-electron chi connectivity index (χ2n) is 4.72. The minimum Gasteiger partial charge on any atom is -0.369 e. The van der Waals surface area contributed by atoms with Crippen molar-refractivity contribution in [2.45, 2.75) is 18.9 Å². The predicted octanol–water partition coefficient (Wildman–Crippen LogP) is -0.569. The second kappa shape index (κ2) is 6.29. The van der Waals surface area contributed by atoms with Gasteiger partial charge in [0.1, 0.15) is 0 Å². The highest BCUT2D eigenvalue weighted by Gasteiger charge is 2.37. The van der Waals surface area contributed by atoms with E-state index in [1.807, 2.05) is 30.3 Å². The summed E-state index contributed by atoms with van der Waals surface area (Å²) in [4.78, 5) is 35.8. The molecule has 0 spiro atoms. The predicted molar refractivity (Wildman–Crippen MR) is 72.5 cm³/mol. The average Bonchev–Trinajstić information content (AvgIpc) is 2.70. The number of nitrogens with two attached hydrogens (primary N) is 1. The fourth-order valence-electron chi connectivity index (χ4n) is 2.19. The normalized spacial score (nSPS) is 18.6. The third-order valence-corrected chi connectivity index (χ3v) is 3.23. The van der Waals surface area contributed by atoms with Crippen LogP contribution in [0, 0.1) is 0 Å². The van der Waals surface area contributed by atoms with Gasteiger partial charge in [0.2, 0.25) is 17.7 Å². The molecule has 3 N–H and O–H groups in total. The maximum atomic E-state index is 12.0. The van der Waals surface area contributed by atoms with E-state index in [1.54, 1.807) is 0 Å². The van der Waals surface area contributed by atoms with Crippen molar-refractivity contribution in [1.29, 1.82) is 0 Å². The highest BCUT2D eigenvalue weighted by atomic mass is 16.2. The SMILES string of the molecule is NC(=O)CN[C@H]1CC(=O)N(CCc2ccccc2)C1=O. The zero-order valence-corrected chi connectivity index (χ0v) is 11.0. The van der Waals surface area contributed by atoms with Crippen molar-refractivity contribution in [1.82, 2.24) is 10.2 Å². The number of imide groups is 1. The van der Waals surface area contributed by atoms with Gasteiger partial charge in [0.05, 0.1) is 19.0 Å². The molecule has 1 aromatic carbocycles. The molecule has 0 aromatic heterocycles. The van der Waals surface area contributed by atoms with Crippen LogP contribution >= 0.6 is 0 Å². The first-order valence-electron chi connectivity index (χ1n) is 6.47. The molecule has 106 valence electrons. The van der Waals surface area contributed by atoms with Gasteiger partial charge in [0, 0.05) is 6.54 Å². The summed E-state index contributed by atoms with van der Waals surface area (Å²) in [6.07, 6.45) is 0.710. The lowest BCUT2D eigenvalue weighted by molar-refractivity contribution is -0.138. The molecular weight excluding hydrogens is 258 g/mol. The Balaban J connectivity index is 1.90. The van der Waals surface area contributed by atoms with E-state index in [-0.39, 0.29) is 24.8 Å². The van der Waals surface area contributed by atoms with Gasteiger partial charge in [0.25, 0.3) is 0 Å². The van der Waals surface area contributed by atoms with E-state index in [1.165, 1.54) is 4.90 Å². The maximum absolute atomic E-state index is 12.0. The number of hydrogen-bond acceptors (Lipinski definition) is 4. The Hall–Kier alpha value is -2.21. The topological polar surface area (TPSA) is 92.5 Å². The molecule has 6 nitrogen and oxygen atoms in total. The molecule has 1 atom stereocenters. The number of carbonyl (C=O) groups is 3. The molecular formula is C14H17N3O3. The largest absolute Gasteiger partial charge is 0.369 e. The van der Waals surface area contributed by atoms with Crippen molar-refractivity contribution in [2.75, 3.05) is 13.1 Å². The van der Waals surface area contributed by atoms with Crippen LogP contribution in [0.2, 0.25) is 0 Å². The van der Waals surface area contributed by atoms with Crippen molar-refractivity contribution in [3.8, 4) is 0 Å². The molecule has 20 heavy (non-hydrogen) atoms. The highest BCUT2D eigenvalue weighted by molar-refractivity contribution is 6.05. The summed E-state index contributed by atoms with van der Waals surface area (Å²) in [6.45, 7) is 0.257. The third-order valence-electron chi connectivity index (χ3n) is 3.23. The summed E-state index contributed by atoms with van der Waals surface area (Å²) in [7, 11) is 0. The first-order chi connectivity index (χ1) is 9.58. The minimum absolute atomic E-state index is 0.0842. The number of benzene rings is 1. The lowest BCUT2D eigenvalue weighted by Gasteiger charge is -2.15. The Morgan fingerprint density at radius 3 is 2.65 bits per heavy atom. The number of carbonyl (C=O) groups excluding carboxylic acids is 3. The van der Waals surface area contributed by atoms with E-state index in [0.717, 1.165) is 5.56 Å². The van der Waals surface area contributed by atoms with Gasteiger partial charge in [-0.3, -0.25) is 24.6 Å². The van der Waals surface area contributed by atoms with Gasteiger partial charge in [-0.1, -0.05) is 30.3 Å². The van der Waals surface area contributed by atoms with Crippen LogP contribution < -0.4 is 11.1 Å². The highest BCUT2D eigenvalue weighted by Crippen LogP contribution is 2.14. The Kier molecular flexibility index (Phi) is 4.47. The number of hydrogen-bond donors (Lipinski definition) is 2. The summed E-state index contributed by atoms with van der Waals surface area (Å²) in [6, 6.07) is 9.02. The summed E-state index contributed by atoms with van der Waals surface area (Å²) >= 11 is 0. The zero-order chi connectivity index (χ0) is 14.5. The van der Waals surface area contributed by atoms with Gasteiger partial charge < -0.3 is 5.73 Å². The Morgan fingerprint density at radius 2 is 2.00 bits per heavy atom. The Morgan fingerprint density at radius 1 is 1.30 bits per heavy atom.